The molecule has 0 aliphatic rings. The third kappa shape index (κ3) is 2.95. The maximum Gasteiger partial charge on any atom is 0.229 e. The number of hydrogen-bond acceptors (Lipinski definition) is 5. The van der Waals surface area contributed by atoms with Gasteiger partial charge in [-0.1, -0.05) is 0 Å². The van der Waals surface area contributed by atoms with Crippen LogP contribution in [0.15, 0.2) is 42.7 Å². The van der Waals surface area contributed by atoms with Gasteiger partial charge >= 0.3 is 0 Å². The van der Waals surface area contributed by atoms with Crippen molar-refractivity contribution < 1.29 is 4.74 Å². The van der Waals surface area contributed by atoms with Crippen LogP contribution < -0.4 is 15.4 Å². The maximum atomic E-state index is 5.42. The molecule has 2 rings (SSSR count). The topological polar surface area (TPSA) is 64.3 Å². The summed E-state index contributed by atoms with van der Waals surface area (Å²) in [5.41, 5.74) is 6.38. The second kappa shape index (κ2) is 5.97. The van der Waals surface area contributed by atoms with E-state index in [0.717, 1.165) is 11.4 Å². The highest BCUT2D eigenvalue weighted by Gasteiger charge is 2.05. The van der Waals surface area contributed by atoms with Gasteiger partial charge in [0.25, 0.3) is 0 Å². The van der Waals surface area contributed by atoms with Gasteiger partial charge in [0.2, 0.25) is 5.95 Å². The molecule has 0 saturated carbocycles. The van der Waals surface area contributed by atoms with Crippen molar-refractivity contribution in [2.24, 2.45) is 5.73 Å². The van der Waals surface area contributed by atoms with E-state index >= 15 is 0 Å². The lowest BCUT2D eigenvalue weighted by atomic mass is 10.3. The summed E-state index contributed by atoms with van der Waals surface area (Å²) < 4.78 is 5.42. The zero-order valence-electron chi connectivity index (χ0n) is 10.3. The molecule has 5 heteroatoms. The van der Waals surface area contributed by atoms with Crippen molar-refractivity contribution in [2.45, 2.75) is 0 Å². The average Bonchev–Trinajstić information content (AvgIpc) is 2.46. The van der Waals surface area contributed by atoms with Crippen molar-refractivity contribution in [2.75, 3.05) is 25.1 Å². The monoisotopic (exact) mass is 244 g/mol. The maximum absolute atomic E-state index is 5.42. The lowest BCUT2D eigenvalue weighted by molar-refractivity contribution is 0.328. The Bertz CT molecular complexity index is 472. The molecule has 0 aliphatic carbocycles. The van der Waals surface area contributed by atoms with Gasteiger partial charge in [-0.15, -0.1) is 0 Å². The third-order valence-corrected chi connectivity index (χ3v) is 2.46. The minimum Gasteiger partial charge on any atom is -0.492 e. The van der Waals surface area contributed by atoms with Gasteiger partial charge in [-0.2, -0.15) is 0 Å². The van der Waals surface area contributed by atoms with E-state index < -0.39 is 0 Å². The molecule has 94 valence electrons. The summed E-state index contributed by atoms with van der Waals surface area (Å²) in [6, 6.07) is 9.53. The highest BCUT2D eigenvalue weighted by molar-refractivity contribution is 5.57. The summed E-state index contributed by atoms with van der Waals surface area (Å²) in [7, 11) is 1.92. The van der Waals surface area contributed by atoms with Crippen LogP contribution in [-0.4, -0.2) is 30.2 Å². The molecule has 0 aliphatic heterocycles. The molecule has 1 aromatic heterocycles. The minimum atomic E-state index is 0.513. The molecule has 1 aromatic carbocycles. The molecule has 0 atom stereocenters. The first-order valence-electron chi connectivity index (χ1n) is 5.75. The van der Waals surface area contributed by atoms with E-state index in [1.165, 1.54) is 0 Å². The number of rotatable bonds is 5. The molecule has 2 N–H and O–H groups in total. The van der Waals surface area contributed by atoms with Crippen LogP contribution in [-0.2, 0) is 0 Å². The molecule has 0 bridgehead atoms. The fraction of sp³-hybridized carbons (Fsp3) is 0.231. The van der Waals surface area contributed by atoms with Gasteiger partial charge < -0.3 is 15.4 Å². The van der Waals surface area contributed by atoms with Crippen molar-refractivity contribution in [3.8, 4) is 5.75 Å². The number of nitrogens with two attached hydrogens (primary N) is 1. The standard InChI is InChI=1S/C13H16N4O/c1-17(13-15-8-2-9-16-13)11-3-5-12(6-4-11)18-10-7-14/h2-6,8-9H,7,10,14H2,1H3. The summed E-state index contributed by atoms with van der Waals surface area (Å²) in [6.07, 6.45) is 3.44. The van der Waals surface area contributed by atoms with Gasteiger partial charge in [0.1, 0.15) is 12.4 Å². The van der Waals surface area contributed by atoms with Crippen molar-refractivity contribution in [1.82, 2.24) is 9.97 Å². The summed E-state index contributed by atoms with van der Waals surface area (Å²) in [5.74, 6) is 1.47. The fourth-order valence-corrected chi connectivity index (χ4v) is 1.52. The van der Waals surface area contributed by atoms with Gasteiger partial charge in [0.15, 0.2) is 0 Å². The van der Waals surface area contributed by atoms with Crippen LogP contribution in [0.3, 0.4) is 0 Å². The van der Waals surface area contributed by atoms with Crippen LogP contribution in [0.2, 0.25) is 0 Å². The zero-order chi connectivity index (χ0) is 12.8. The number of nitrogens with zero attached hydrogens (tertiary/aromatic N) is 3. The van der Waals surface area contributed by atoms with Gasteiger partial charge in [-0.05, 0) is 30.3 Å². The van der Waals surface area contributed by atoms with Crippen LogP contribution in [0.4, 0.5) is 11.6 Å². The lowest BCUT2D eigenvalue weighted by Gasteiger charge is -2.17. The molecule has 5 nitrogen and oxygen atoms in total. The van der Waals surface area contributed by atoms with Crippen molar-refractivity contribution in [3.05, 3.63) is 42.7 Å². The Kier molecular flexibility index (Phi) is 4.09. The SMILES string of the molecule is CN(c1ccc(OCCN)cc1)c1ncccn1. The number of anilines is 2. The van der Waals surface area contributed by atoms with E-state index in [9.17, 15) is 0 Å². The number of benzene rings is 1. The molecule has 1 heterocycles. The van der Waals surface area contributed by atoms with Crippen LogP contribution >= 0.6 is 0 Å². The third-order valence-electron chi connectivity index (χ3n) is 2.46. The lowest BCUT2D eigenvalue weighted by Crippen LogP contribution is -2.13. The molecule has 0 spiro atoms. The molecule has 0 amide bonds. The zero-order valence-corrected chi connectivity index (χ0v) is 10.3. The molecular weight excluding hydrogens is 228 g/mol. The van der Waals surface area contributed by atoms with E-state index in [1.54, 1.807) is 18.5 Å². The Morgan fingerprint density at radius 1 is 1.17 bits per heavy atom. The molecule has 0 radical (unpaired) electrons. The fourth-order valence-electron chi connectivity index (χ4n) is 1.52. The van der Waals surface area contributed by atoms with Crippen molar-refractivity contribution in [1.29, 1.82) is 0 Å². The summed E-state index contributed by atoms with van der Waals surface area (Å²) >= 11 is 0. The van der Waals surface area contributed by atoms with E-state index in [4.69, 9.17) is 10.5 Å². The first-order chi connectivity index (χ1) is 8.81. The number of ether oxygens (including phenoxy) is 1. The largest absolute Gasteiger partial charge is 0.492 e. The highest BCUT2D eigenvalue weighted by Crippen LogP contribution is 2.22. The van der Waals surface area contributed by atoms with Gasteiger partial charge in [0.05, 0.1) is 0 Å². The molecule has 0 saturated heterocycles. The summed E-state index contributed by atoms with van der Waals surface area (Å²) in [4.78, 5) is 10.3. The Hall–Kier alpha value is -2.14. The van der Waals surface area contributed by atoms with E-state index in [2.05, 4.69) is 9.97 Å². The smallest absolute Gasteiger partial charge is 0.229 e. The number of aromatic nitrogens is 2. The van der Waals surface area contributed by atoms with Crippen LogP contribution in [0.5, 0.6) is 5.75 Å². The Morgan fingerprint density at radius 2 is 1.83 bits per heavy atom. The molecule has 2 aromatic rings. The second-order valence-corrected chi connectivity index (χ2v) is 3.74. The van der Waals surface area contributed by atoms with Crippen LogP contribution in [0, 0.1) is 0 Å². The van der Waals surface area contributed by atoms with E-state index in [-0.39, 0.29) is 0 Å². The summed E-state index contributed by atoms with van der Waals surface area (Å²) in [5, 5.41) is 0. The Labute approximate surface area is 106 Å². The van der Waals surface area contributed by atoms with Crippen molar-refractivity contribution >= 4 is 11.6 Å². The minimum absolute atomic E-state index is 0.513. The average molecular weight is 244 g/mol. The predicted octanol–water partition coefficient (Wildman–Crippen LogP) is 1.58. The van der Waals surface area contributed by atoms with Gasteiger partial charge in [-0.3, -0.25) is 0 Å². The van der Waals surface area contributed by atoms with Gasteiger partial charge in [-0.25, -0.2) is 9.97 Å². The molecular formula is C13H16N4O. The Balaban J connectivity index is 2.09. The first-order valence-corrected chi connectivity index (χ1v) is 5.75. The van der Waals surface area contributed by atoms with E-state index in [0.29, 0.717) is 19.1 Å². The normalized spacial score (nSPS) is 10.1. The predicted molar refractivity (Wildman–Crippen MR) is 71.1 cm³/mol. The quantitative estimate of drug-likeness (QED) is 0.865. The first kappa shape index (κ1) is 12.3. The second-order valence-electron chi connectivity index (χ2n) is 3.74. The molecule has 0 unspecified atom stereocenters. The number of hydrogen-bond donors (Lipinski definition) is 1. The highest BCUT2D eigenvalue weighted by atomic mass is 16.5. The van der Waals surface area contributed by atoms with Crippen LogP contribution in [0.1, 0.15) is 0 Å². The molecule has 0 fully saturated rings. The summed E-state index contributed by atoms with van der Waals surface area (Å²) in [6.45, 7) is 1.04. The van der Waals surface area contributed by atoms with Crippen molar-refractivity contribution in [3.63, 3.8) is 0 Å². The Morgan fingerprint density at radius 3 is 2.44 bits per heavy atom. The van der Waals surface area contributed by atoms with Gasteiger partial charge in [0, 0.05) is 31.7 Å². The molecule has 18 heavy (non-hydrogen) atoms. The van der Waals surface area contributed by atoms with Crippen LogP contribution in [0.25, 0.3) is 0 Å². The van der Waals surface area contributed by atoms with E-state index in [1.807, 2.05) is 36.2 Å².